The SMILES string of the molecule is CCN(CC1CC1)CC(N)c1ccc(C)cc1. The van der Waals surface area contributed by atoms with Gasteiger partial charge in [-0.15, -0.1) is 0 Å². The second kappa shape index (κ2) is 5.65. The number of nitrogens with zero attached hydrogens (tertiary/aromatic N) is 1. The topological polar surface area (TPSA) is 29.3 Å². The number of aryl methyl sites for hydroxylation is 1. The second-order valence-corrected chi connectivity index (χ2v) is 5.31. The van der Waals surface area contributed by atoms with Crippen LogP contribution in [0.4, 0.5) is 0 Å². The Bertz CT molecular complexity index is 340. The molecule has 2 nitrogen and oxygen atoms in total. The molecule has 2 rings (SSSR count). The monoisotopic (exact) mass is 232 g/mol. The molecule has 1 fully saturated rings. The molecule has 0 radical (unpaired) electrons. The number of benzene rings is 1. The van der Waals surface area contributed by atoms with Crippen molar-refractivity contribution in [2.75, 3.05) is 19.6 Å². The standard InChI is InChI=1S/C15H24N2/c1-3-17(10-13-6-7-13)11-15(16)14-8-4-12(2)5-9-14/h4-5,8-9,13,15H,3,6-7,10-11,16H2,1-2H3. The van der Waals surface area contributed by atoms with Crippen LogP contribution in [0.3, 0.4) is 0 Å². The smallest absolute Gasteiger partial charge is 0.0424 e. The van der Waals surface area contributed by atoms with Crippen LogP contribution in [0.5, 0.6) is 0 Å². The van der Waals surface area contributed by atoms with Gasteiger partial charge in [-0.05, 0) is 37.8 Å². The van der Waals surface area contributed by atoms with E-state index in [9.17, 15) is 0 Å². The molecule has 0 saturated heterocycles. The molecule has 0 heterocycles. The Labute approximate surface area is 105 Å². The van der Waals surface area contributed by atoms with Gasteiger partial charge in [-0.25, -0.2) is 0 Å². The summed E-state index contributed by atoms with van der Waals surface area (Å²) >= 11 is 0. The maximum atomic E-state index is 6.28. The highest BCUT2D eigenvalue weighted by atomic mass is 15.1. The second-order valence-electron chi connectivity index (χ2n) is 5.31. The van der Waals surface area contributed by atoms with Gasteiger partial charge in [0.05, 0.1) is 0 Å². The number of hydrogen-bond donors (Lipinski definition) is 1. The fourth-order valence-corrected chi connectivity index (χ4v) is 2.20. The summed E-state index contributed by atoms with van der Waals surface area (Å²) in [5.74, 6) is 0.945. The minimum absolute atomic E-state index is 0.147. The summed E-state index contributed by atoms with van der Waals surface area (Å²) in [5.41, 5.74) is 8.83. The molecule has 1 aromatic rings. The van der Waals surface area contributed by atoms with Crippen LogP contribution < -0.4 is 5.73 Å². The van der Waals surface area contributed by atoms with Crippen LogP contribution in [0.1, 0.15) is 36.9 Å². The first-order valence-electron chi connectivity index (χ1n) is 6.73. The number of nitrogens with two attached hydrogens (primary N) is 1. The zero-order valence-electron chi connectivity index (χ0n) is 11.0. The molecule has 2 N–H and O–H groups in total. The summed E-state index contributed by atoms with van der Waals surface area (Å²) in [5, 5.41) is 0. The van der Waals surface area contributed by atoms with Crippen molar-refractivity contribution in [2.45, 2.75) is 32.7 Å². The first kappa shape index (κ1) is 12.6. The van der Waals surface area contributed by atoms with Gasteiger partial charge in [0.1, 0.15) is 0 Å². The van der Waals surface area contributed by atoms with Crippen molar-refractivity contribution in [1.82, 2.24) is 4.90 Å². The first-order valence-corrected chi connectivity index (χ1v) is 6.73. The third-order valence-corrected chi connectivity index (χ3v) is 3.62. The molecule has 1 saturated carbocycles. The van der Waals surface area contributed by atoms with E-state index in [1.165, 1.54) is 30.5 Å². The Morgan fingerprint density at radius 1 is 1.29 bits per heavy atom. The average molecular weight is 232 g/mol. The predicted octanol–water partition coefficient (Wildman–Crippen LogP) is 2.73. The van der Waals surface area contributed by atoms with Crippen molar-refractivity contribution < 1.29 is 0 Å². The van der Waals surface area contributed by atoms with Gasteiger partial charge in [0, 0.05) is 19.1 Å². The molecule has 94 valence electrons. The molecule has 1 aliphatic rings. The van der Waals surface area contributed by atoms with Crippen LogP contribution in [0.25, 0.3) is 0 Å². The van der Waals surface area contributed by atoms with Gasteiger partial charge in [-0.1, -0.05) is 36.8 Å². The lowest BCUT2D eigenvalue weighted by Crippen LogP contribution is -2.33. The molecule has 0 spiro atoms. The van der Waals surface area contributed by atoms with E-state index in [4.69, 9.17) is 5.73 Å². The van der Waals surface area contributed by atoms with Gasteiger partial charge in [0.25, 0.3) is 0 Å². The van der Waals surface area contributed by atoms with Gasteiger partial charge in [-0.2, -0.15) is 0 Å². The molecule has 1 aromatic carbocycles. The Balaban J connectivity index is 1.89. The summed E-state index contributed by atoms with van der Waals surface area (Å²) in [4.78, 5) is 2.49. The van der Waals surface area contributed by atoms with Crippen molar-refractivity contribution in [2.24, 2.45) is 11.7 Å². The minimum Gasteiger partial charge on any atom is -0.323 e. The lowest BCUT2D eigenvalue weighted by Gasteiger charge is -2.24. The lowest BCUT2D eigenvalue weighted by atomic mass is 10.1. The van der Waals surface area contributed by atoms with E-state index in [1.54, 1.807) is 0 Å². The molecule has 2 heteroatoms. The Hall–Kier alpha value is -0.860. The summed E-state index contributed by atoms with van der Waals surface area (Å²) in [7, 11) is 0. The Morgan fingerprint density at radius 2 is 1.94 bits per heavy atom. The molecule has 0 aliphatic heterocycles. The normalized spacial score (nSPS) is 17.4. The van der Waals surface area contributed by atoms with E-state index in [2.05, 4.69) is 43.0 Å². The summed E-state index contributed by atoms with van der Waals surface area (Å²) in [6, 6.07) is 8.75. The maximum Gasteiger partial charge on any atom is 0.0424 e. The fraction of sp³-hybridized carbons (Fsp3) is 0.600. The maximum absolute atomic E-state index is 6.28. The van der Waals surface area contributed by atoms with Crippen LogP contribution in [0.15, 0.2) is 24.3 Å². The molecule has 0 bridgehead atoms. The third kappa shape index (κ3) is 3.83. The summed E-state index contributed by atoms with van der Waals surface area (Å²) < 4.78 is 0. The van der Waals surface area contributed by atoms with E-state index in [0.29, 0.717) is 0 Å². The number of hydrogen-bond acceptors (Lipinski definition) is 2. The van der Waals surface area contributed by atoms with Crippen LogP contribution >= 0.6 is 0 Å². The third-order valence-electron chi connectivity index (χ3n) is 3.62. The molecule has 1 unspecified atom stereocenters. The zero-order chi connectivity index (χ0) is 12.3. The predicted molar refractivity (Wildman–Crippen MR) is 72.9 cm³/mol. The van der Waals surface area contributed by atoms with Gasteiger partial charge in [0.15, 0.2) is 0 Å². The largest absolute Gasteiger partial charge is 0.323 e. The molecule has 1 atom stereocenters. The van der Waals surface area contributed by atoms with Crippen molar-refractivity contribution >= 4 is 0 Å². The van der Waals surface area contributed by atoms with Gasteiger partial charge in [-0.3, -0.25) is 0 Å². The fourth-order valence-electron chi connectivity index (χ4n) is 2.20. The van der Waals surface area contributed by atoms with Crippen molar-refractivity contribution in [3.63, 3.8) is 0 Å². The van der Waals surface area contributed by atoms with Crippen LogP contribution in [-0.4, -0.2) is 24.5 Å². The Morgan fingerprint density at radius 3 is 2.47 bits per heavy atom. The molecule has 17 heavy (non-hydrogen) atoms. The lowest BCUT2D eigenvalue weighted by molar-refractivity contribution is 0.260. The van der Waals surface area contributed by atoms with Crippen LogP contribution in [0, 0.1) is 12.8 Å². The van der Waals surface area contributed by atoms with Crippen molar-refractivity contribution in [3.05, 3.63) is 35.4 Å². The first-order chi connectivity index (χ1) is 8.19. The average Bonchev–Trinajstić information content (AvgIpc) is 3.13. The van der Waals surface area contributed by atoms with E-state index < -0.39 is 0 Å². The molecular formula is C15H24N2. The van der Waals surface area contributed by atoms with Crippen molar-refractivity contribution in [3.8, 4) is 0 Å². The van der Waals surface area contributed by atoms with E-state index in [0.717, 1.165) is 19.0 Å². The number of likely N-dealkylation sites (N-methyl/N-ethyl adjacent to an activating group) is 1. The molecule has 0 aromatic heterocycles. The molecule has 1 aliphatic carbocycles. The quantitative estimate of drug-likeness (QED) is 0.817. The highest BCUT2D eigenvalue weighted by Gasteiger charge is 2.24. The van der Waals surface area contributed by atoms with Gasteiger partial charge in [0.2, 0.25) is 0 Å². The van der Waals surface area contributed by atoms with Crippen LogP contribution in [-0.2, 0) is 0 Å². The molecule has 0 amide bonds. The highest BCUT2D eigenvalue weighted by Crippen LogP contribution is 2.30. The zero-order valence-corrected chi connectivity index (χ0v) is 11.0. The van der Waals surface area contributed by atoms with E-state index in [1.807, 2.05) is 0 Å². The number of rotatable bonds is 6. The van der Waals surface area contributed by atoms with Gasteiger partial charge < -0.3 is 10.6 Å². The van der Waals surface area contributed by atoms with E-state index in [-0.39, 0.29) is 6.04 Å². The van der Waals surface area contributed by atoms with E-state index >= 15 is 0 Å². The van der Waals surface area contributed by atoms with Crippen molar-refractivity contribution in [1.29, 1.82) is 0 Å². The molecular weight excluding hydrogens is 208 g/mol. The van der Waals surface area contributed by atoms with Crippen LogP contribution in [0.2, 0.25) is 0 Å². The summed E-state index contributed by atoms with van der Waals surface area (Å²) in [6.45, 7) is 7.66. The van der Waals surface area contributed by atoms with Gasteiger partial charge >= 0.3 is 0 Å². The highest BCUT2D eigenvalue weighted by molar-refractivity contribution is 5.24. The minimum atomic E-state index is 0.147. The Kier molecular flexibility index (Phi) is 4.19. The summed E-state index contributed by atoms with van der Waals surface area (Å²) in [6.07, 6.45) is 2.83.